The topological polar surface area (TPSA) is 78.2 Å². The molecule has 1 N–H and O–H groups in total. The van der Waals surface area contributed by atoms with Gasteiger partial charge in [-0.3, -0.25) is 9.59 Å². The van der Waals surface area contributed by atoms with Crippen LogP contribution in [0.1, 0.15) is 37.4 Å². The number of ether oxygens (including phenoxy) is 1. The molecule has 160 valence electrons. The van der Waals surface area contributed by atoms with E-state index in [0.29, 0.717) is 29.8 Å². The number of hydrogen-bond donors (Lipinski definition) is 1. The van der Waals surface area contributed by atoms with Crippen molar-refractivity contribution in [3.8, 4) is 0 Å². The molecule has 1 atom stereocenters. The van der Waals surface area contributed by atoms with E-state index in [2.05, 4.69) is 47.0 Å². The molecule has 0 saturated carbocycles. The maximum absolute atomic E-state index is 12.8. The summed E-state index contributed by atoms with van der Waals surface area (Å²) in [6.07, 6.45) is 3.36. The van der Waals surface area contributed by atoms with Crippen LogP contribution < -0.4 is 16.4 Å². The minimum Gasteiger partial charge on any atom is -0.381 e. The second kappa shape index (κ2) is 7.94. The summed E-state index contributed by atoms with van der Waals surface area (Å²) in [5.74, 6) is 0.595. The summed E-state index contributed by atoms with van der Waals surface area (Å²) < 4.78 is 9.71. The van der Waals surface area contributed by atoms with Crippen LogP contribution in [0, 0.1) is 0 Å². The van der Waals surface area contributed by atoms with Crippen molar-refractivity contribution >= 4 is 38.0 Å². The zero-order valence-electron chi connectivity index (χ0n) is 17.5. The van der Waals surface area contributed by atoms with Crippen LogP contribution in [0.15, 0.2) is 51.5 Å². The fourth-order valence-electron chi connectivity index (χ4n) is 4.37. The number of nitrogens with one attached hydrogen (secondary N) is 1. The second-order valence-electron chi connectivity index (χ2n) is 8.01. The minimum absolute atomic E-state index is 0.0324. The number of rotatable bonds is 4. The van der Waals surface area contributed by atoms with Crippen molar-refractivity contribution in [2.45, 2.75) is 31.8 Å². The van der Waals surface area contributed by atoms with E-state index in [-0.39, 0.29) is 23.2 Å². The second-order valence-corrected chi connectivity index (χ2v) is 8.96. The molecule has 31 heavy (non-hydrogen) atoms. The van der Waals surface area contributed by atoms with Gasteiger partial charge in [-0.1, -0.05) is 12.1 Å². The summed E-state index contributed by atoms with van der Waals surface area (Å²) in [6.45, 7) is 3.35. The molecular formula is C23H24N4O3S. The van der Waals surface area contributed by atoms with Crippen molar-refractivity contribution in [3.63, 3.8) is 0 Å². The standard InChI is InChI=1S/C23H24N4O3S/c1-14(16-4-3-5-20-17(16)8-11-31-20)24-22-19-13-27(15-6-9-30-10-7-15)21(28)12-18(19)23(29)26(2)25-22/h3-5,8,11-15H,6-7,9-10H2,1-2H3,(H,24,25). The van der Waals surface area contributed by atoms with Crippen LogP contribution in [0.5, 0.6) is 0 Å². The molecule has 0 spiro atoms. The summed E-state index contributed by atoms with van der Waals surface area (Å²) in [6, 6.07) is 9.89. The van der Waals surface area contributed by atoms with Gasteiger partial charge in [-0.05, 0) is 48.2 Å². The van der Waals surface area contributed by atoms with Crippen molar-refractivity contribution in [2.75, 3.05) is 18.5 Å². The fraction of sp³-hybridized carbons (Fsp3) is 0.348. The van der Waals surface area contributed by atoms with E-state index in [1.165, 1.54) is 26.4 Å². The van der Waals surface area contributed by atoms with E-state index in [9.17, 15) is 9.59 Å². The Labute approximate surface area is 182 Å². The summed E-state index contributed by atoms with van der Waals surface area (Å²) in [5.41, 5.74) is 0.731. The molecule has 0 amide bonds. The van der Waals surface area contributed by atoms with Crippen molar-refractivity contribution in [2.24, 2.45) is 7.05 Å². The number of benzene rings is 1. The van der Waals surface area contributed by atoms with E-state index in [1.807, 2.05) is 0 Å². The molecule has 1 aliphatic rings. The number of nitrogens with zero attached hydrogens (tertiary/aromatic N) is 3. The highest BCUT2D eigenvalue weighted by Crippen LogP contribution is 2.31. The summed E-state index contributed by atoms with van der Waals surface area (Å²) in [7, 11) is 1.61. The number of pyridine rings is 1. The Hall–Kier alpha value is -2.97. The highest BCUT2D eigenvalue weighted by atomic mass is 32.1. The number of fused-ring (bicyclic) bond motifs is 2. The molecule has 3 aromatic heterocycles. The van der Waals surface area contributed by atoms with Crippen LogP contribution in [-0.4, -0.2) is 27.6 Å². The molecule has 1 unspecified atom stereocenters. The average molecular weight is 437 g/mol. The van der Waals surface area contributed by atoms with Crippen molar-refractivity contribution in [3.05, 3.63) is 68.2 Å². The lowest BCUT2D eigenvalue weighted by Crippen LogP contribution is -2.30. The Morgan fingerprint density at radius 1 is 1.16 bits per heavy atom. The molecule has 1 fully saturated rings. The molecule has 0 aliphatic carbocycles. The summed E-state index contributed by atoms with van der Waals surface area (Å²) in [5, 5.41) is 12.3. The van der Waals surface area contributed by atoms with Crippen molar-refractivity contribution in [1.29, 1.82) is 0 Å². The normalized spacial score (nSPS) is 16.1. The van der Waals surface area contributed by atoms with E-state index in [4.69, 9.17) is 4.74 Å². The third-order valence-corrected chi connectivity index (χ3v) is 6.93. The number of thiophene rings is 1. The molecule has 1 aromatic carbocycles. The van der Waals surface area contributed by atoms with Crippen molar-refractivity contribution < 1.29 is 4.74 Å². The molecule has 0 radical (unpaired) electrons. The first-order valence-corrected chi connectivity index (χ1v) is 11.3. The summed E-state index contributed by atoms with van der Waals surface area (Å²) >= 11 is 1.71. The van der Waals surface area contributed by atoms with Gasteiger partial charge in [0.15, 0.2) is 5.82 Å². The highest BCUT2D eigenvalue weighted by molar-refractivity contribution is 7.17. The predicted molar refractivity (Wildman–Crippen MR) is 124 cm³/mol. The largest absolute Gasteiger partial charge is 0.381 e. The Kier molecular flexibility index (Phi) is 5.11. The van der Waals surface area contributed by atoms with E-state index < -0.39 is 0 Å². The van der Waals surface area contributed by atoms with Gasteiger partial charge in [0.25, 0.3) is 11.1 Å². The first-order chi connectivity index (χ1) is 15.0. The van der Waals surface area contributed by atoms with Crippen LogP contribution in [0.3, 0.4) is 0 Å². The lowest BCUT2D eigenvalue weighted by molar-refractivity contribution is 0.0688. The van der Waals surface area contributed by atoms with Gasteiger partial charge in [0.1, 0.15) is 0 Å². The third kappa shape index (κ3) is 3.55. The van der Waals surface area contributed by atoms with Crippen LogP contribution in [0.2, 0.25) is 0 Å². The van der Waals surface area contributed by atoms with Gasteiger partial charge >= 0.3 is 0 Å². The number of aryl methyl sites for hydroxylation is 1. The maximum Gasteiger partial charge on any atom is 0.274 e. The monoisotopic (exact) mass is 436 g/mol. The molecule has 4 aromatic rings. The molecule has 0 bridgehead atoms. The van der Waals surface area contributed by atoms with Crippen LogP contribution >= 0.6 is 11.3 Å². The Bertz CT molecular complexity index is 1380. The first kappa shape index (κ1) is 20.0. The summed E-state index contributed by atoms with van der Waals surface area (Å²) in [4.78, 5) is 25.5. The molecule has 4 heterocycles. The van der Waals surface area contributed by atoms with Gasteiger partial charge in [-0.15, -0.1) is 11.3 Å². The molecular weight excluding hydrogens is 412 g/mol. The zero-order chi connectivity index (χ0) is 21.5. The van der Waals surface area contributed by atoms with Crippen molar-refractivity contribution in [1.82, 2.24) is 14.3 Å². The first-order valence-electron chi connectivity index (χ1n) is 10.5. The van der Waals surface area contributed by atoms with Gasteiger partial charge < -0.3 is 14.6 Å². The van der Waals surface area contributed by atoms with Gasteiger partial charge in [-0.25, -0.2) is 4.68 Å². The molecule has 1 aliphatic heterocycles. The highest BCUT2D eigenvalue weighted by Gasteiger charge is 2.20. The SMILES string of the molecule is CC(Nc1nn(C)c(=O)c2cc(=O)n(C3CCOCC3)cc12)c1cccc2sccc12. The lowest BCUT2D eigenvalue weighted by atomic mass is 10.0. The molecule has 1 saturated heterocycles. The van der Waals surface area contributed by atoms with E-state index >= 15 is 0 Å². The van der Waals surface area contributed by atoms with Crippen LogP contribution in [-0.2, 0) is 11.8 Å². The van der Waals surface area contributed by atoms with Crippen LogP contribution in [0.4, 0.5) is 5.82 Å². The Morgan fingerprint density at radius 2 is 1.97 bits per heavy atom. The van der Waals surface area contributed by atoms with Gasteiger partial charge in [0.2, 0.25) is 0 Å². The van der Waals surface area contributed by atoms with E-state index in [1.54, 1.807) is 29.1 Å². The number of hydrogen-bond acceptors (Lipinski definition) is 6. The predicted octanol–water partition coefficient (Wildman–Crippen LogP) is 3.83. The molecule has 5 rings (SSSR count). The van der Waals surface area contributed by atoms with Crippen LogP contribution in [0.25, 0.3) is 20.9 Å². The van der Waals surface area contributed by atoms with Gasteiger partial charge in [0.05, 0.1) is 11.4 Å². The maximum atomic E-state index is 12.8. The number of anilines is 1. The lowest BCUT2D eigenvalue weighted by Gasteiger charge is -2.25. The quantitative estimate of drug-likeness (QED) is 0.526. The number of aromatic nitrogens is 3. The van der Waals surface area contributed by atoms with Gasteiger partial charge in [-0.2, -0.15) is 5.10 Å². The molecule has 8 heteroatoms. The fourth-order valence-corrected chi connectivity index (χ4v) is 5.19. The average Bonchev–Trinajstić information content (AvgIpc) is 3.26. The molecule has 7 nitrogen and oxygen atoms in total. The smallest absolute Gasteiger partial charge is 0.274 e. The Morgan fingerprint density at radius 3 is 2.77 bits per heavy atom. The van der Waals surface area contributed by atoms with E-state index in [0.717, 1.165) is 12.8 Å². The third-order valence-electron chi connectivity index (χ3n) is 6.04. The van der Waals surface area contributed by atoms with Gasteiger partial charge in [0, 0.05) is 48.7 Å². The zero-order valence-corrected chi connectivity index (χ0v) is 18.3. The Balaban J connectivity index is 1.62. The minimum atomic E-state index is -0.274.